The number of rotatable bonds is 6. The molecule has 0 saturated heterocycles. The van der Waals surface area contributed by atoms with Crippen LogP contribution in [0.5, 0.6) is 0 Å². The Hall–Kier alpha value is -2.94. The Morgan fingerprint density at radius 1 is 1.15 bits per heavy atom. The van der Waals surface area contributed by atoms with Gasteiger partial charge >= 0.3 is 0 Å². The zero-order valence-corrected chi connectivity index (χ0v) is 15.4. The molecule has 0 unspecified atom stereocenters. The van der Waals surface area contributed by atoms with Gasteiger partial charge < -0.3 is 4.90 Å². The van der Waals surface area contributed by atoms with Gasteiger partial charge in [0, 0.05) is 31.4 Å². The van der Waals surface area contributed by atoms with Crippen molar-refractivity contribution < 1.29 is 18.1 Å². The third-order valence-corrected chi connectivity index (χ3v) is 5.13. The molecule has 0 aliphatic rings. The normalized spacial score (nSPS) is 11.0. The van der Waals surface area contributed by atoms with Gasteiger partial charge in [-0.05, 0) is 30.7 Å². The number of nitro benzene ring substituents is 1. The zero-order valence-electron chi connectivity index (χ0n) is 14.6. The molecule has 9 heteroatoms. The molecular weight excluding hydrogens is 358 g/mol. The summed E-state index contributed by atoms with van der Waals surface area (Å²) in [6.07, 6.45) is 0.212. The summed E-state index contributed by atoms with van der Waals surface area (Å²) in [5, 5.41) is 11.0. The van der Waals surface area contributed by atoms with Gasteiger partial charge in [0.2, 0.25) is 5.91 Å². The van der Waals surface area contributed by atoms with E-state index in [4.69, 9.17) is 0 Å². The second-order valence-corrected chi connectivity index (χ2v) is 7.66. The van der Waals surface area contributed by atoms with E-state index in [1.165, 1.54) is 24.0 Å². The van der Waals surface area contributed by atoms with E-state index >= 15 is 0 Å². The summed E-state index contributed by atoms with van der Waals surface area (Å²) in [6, 6.07) is 10.1. The number of nitro groups is 1. The number of carbonyl (C=O) groups excluding carboxylic acids is 1. The molecule has 0 spiro atoms. The van der Waals surface area contributed by atoms with Crippen LogP contribution in [0.1, 0.15) is 11.1 Å². The Bertz CT molecular complexity index is 937. The van der Waals surface area contributed by atoms with Gasteiger partial charge in [-0.2, -0.15) is 0 Å². The molecule has 2 aromatic rings. The van der Waals surface area contributed by atoms with Crippen LogP contribution in [0.2, 0.25) is 0 Å². The van der Waals surface area contributed by atoms with Gasteiger partial charge in [0.1, 0.15) is 0 Å². The van der Waals surface area contributed by atoms with Crippen LogP contribution < -0.4 is 4.72 Å². The molecule has 8 nitrogen and oxygen atoms in total. The number of anilines is 1. The first-order valence-corrected chi connectivity index (χ1v) is 9.15. The van der Waals surface area contributed by atoms with Crippen LogP contribution in [0.3, 0.4) is 0 Å². The maximum Gasteiger partial charge on any atom is 0.273 e. The largest absolute Gasteiger partial charge is 0.349 e. The number of nitrogens with zero attached hydrogens (tertiary/aromatic N) is 2. The predicted molar refractivity (Wildman–Crippen MR) is 97.5 cm³/mol. The van der Waals surface area contributed by atoms with E-state index in [0.717, 1.165) is 11.6 Å². The Kier molecular flexibility index (Phi) is 5.61. The van der Waals surface area contributed by atoms with Crippen molar-refractivity contribution in [1.29, 1.82) is 0 Å². The van der Waals surface area contributed by atoms with Gasteiger partial charge in [-0.1, -0.05) is 18.2 Å². The van der Waals surface area contributed by atoms with Gasteiger partial charge in [-0.3, -0.25) is 19.6 Å². The molecule has 26 heavy (non-hydrogen) atoms. The number of carbonyl (C=O) groups is 1. The van der Waals surface area contributed by atoms with Crippen molar-refractivity contribution in [2.24, 2.45) is 0 Å². The average Bonchev–Trinajstić information content (AvgIpc) is 2.56. The lowest BCUT2D eigenvalue weighted by molar-refractivity contribution is -0.385. The first kappa shape index (κ1) is 19.4. The van der Waals surface area contributed by atoms with Crippen molar-refractivity contribution in [1.82, 2.24) is 4.90 Å². The zero-order chi connectivity index (χ0) is 19.5. The van der Waals surface area contributed by atoms with Gasteiger partial charge in [0.15, 0.2) is 0 Å². The number of benzene rings is 2. The highest BCUT2D eigenvalue weighted by Gasteiger charge is 2.20. The predicted octanol–water partition coefficient (Wildman–Crippen LogP) is 2.33. The molecular formula is C17H19N3O5S. The van der Waals surface area contributed by atoms with Crippen molar-refractivity contribution in [2.75, 3.05) is 18.8 Å². The summed E-state index contributed by atoms with van der Waals surface area (Å²) >= 11 is 0. The highest BCUT2D eigenvalue weighted by molar-refractivity contribution is 7.92. The van der Waals surface area contributed by atoms with Crippen LogP contribution in [0, 0.1) is 17.0 Å². The Labute approximate surface area is 151 Å². The Morgan fingerprint density at radius 2 is 1.77 bits per heavy atom. The highest BCUT2D eigenvalue weighted by atomic mass is 32.2. The average molecular weight is 377 g/mol. The van der Waals surface area contributed by atoms with E-state index in [-0.39, 0.29) is 22.9 Å². The highest BCUT2D eigenvalue weighted by Crippen LogP contribution is 2.24. The second kappa shape index (κ2) is 7.52. The number of sulfonamides is 1. The quantitative estimate of drug-likeness (QED) is 0.614. The van der Waals surface area contributed by atoms with Crippen LogP contribution in [-0.4, -0.2) is 38.2 Å². The summed E-state index contributed by atoms with van der Waals surface area (Å²) in [5.41, 5.74) is 1.17. The van der Waals surface area contributed by atoms with Crippen molar-refractivity contribution in [2.45, 2.75) is 18.2 Å². The number of amides is 1. The summed E-state index contributed by atoms with van der Waals surface area (Å²) < 4.78 is 27.3. The third-order valence-electron chi connectivity index (χ3n) is 3.75. The number of hydrogen-bond donors (Lipinski definition) is 1. The molecule has 0 heterocycles. The number of aryl methyl sites for hydroxylation is 1. The first-order valence-electron chi connectivity index (χ1n) is 7.67. The van der Waals surface area contributed by atoms with E-state index < -0.39 is 14.9 Å². The smallest absolute Gasteiger partial charge is 0.273 e. The van der Waals surface area contributed by atoms with E-state index in [0.29, 0.717) is 11.3 Å². The SMILES string of the molecule is Cc1ccc(S(=O)(=O)Nc2ccc(CC(=O)N(C)C)cc2)cc1[N+](=O)[O-]. The number of nitrogens with one attached hydrogen (secondary N) is 1. The minimum Gasteiger partial charge on any atom is -0.349 e. The molecule has 0 radical (unpaired) electrons. The fourth-order valence-corrected chi connectivity index (χ4v) is 3.27. The lowest BCUT2D eigenvalue weighted by Crippen LogP contribution is -2.23. The molecule has 138 valence electrons. The lowest BCUT2D eigenvalue weighted by Gasteiger charge is -2.11. The minimum atomic E-state index is -3.97. The van der Waals surface area contributed by atoms with Gasteiger partial charge in [0.25, 0.3) is 15.7 Å². The summed E-state index contributed by atoms with van der Waals surface area (Å²) in [6.45, 7) is 1.54. The summed E-state index contributed by atoms with van der Waals surface area (Å²) in [7, 11) is -0.648. The molecule has 0 bridgehead atoms. The number of likely N-dealkylation sites (N-methyl/N-ethyl adjacent to an activating group) is 1. The number of hydrogen-bond acceptors (Lipinski definition) is 5. The fraction of sp³-hybridized carbons (Fsp3) is 0.235. The van der Waals surface area contributed by atoms with Crippen LogP contribution >= 0.6 is 0 Å². The van der Waals surface area contributed by atoms with Crippen molar-refractivity contribution in [3.8, 4) is 0 Å². The fourth-order valence-electron chi connectivity index (χ4n) is 2.19. The molecule has 2 rings (SSSR count). The summed E-state index contributed by atoms with van der Waals surface area (Å²) in [4.78, 5) is 23.3. The van der Waals surface area contributed by atoms with Crippen LogP contribution in [0.15, 0.2) is 47.4 Å². The molecule has 0 fully saturated rings. The molecule has 2 aromatic carbocycles. The Balaban J connectivity index is 2.20. The Morgan fingerprint density at radius 3 is 2.31 bits per heavy atom. The molecule has 0 aliphatic heterocycles. The minimum absolute atomic E-state index is 0.0645. The van der Waals surface area contributed by atoms with E-state index in [9.17, 15) is 23.3 Å². The lowest BCUT2D eigenvalue weighted by atomic mass is 10.1. The summed E-state index contributed by atoms with van der Waals surface area (Å²) in [5.74, 6) is -0.0645. The first-order chi connectivity index (χ1) is 12.1. The van der Waals surface area contributed by atoms with Gasteiger partial charge in [-0.25, -0.2) is 8.42 Å². The molecule has 1 N–H and O–H groups in total. The maximum atomic E-state index is 12.4. The second-order valence-electron chi connectivity index (χ2n) is 5.97. The third kappa shape index (κ3) is 4.57. The van der Waals surface area contributed by atoms with Crippen molar-refractivity contribution in [3.05, 3.63) is 63.7 Å². The maximum absolute atomic E-state index is 12.4. The van der Waals surface area contributed by atoms with Gasteiger partial charge in [0.05, 0.1) is 16.2 Å². The van der Waals surface area contributed by atoms with Crippen LogP contribution in [0.4, 0.5) is 11.4 Å². The molecule has 0 aromatic heterocycles. The van der Waals surface area contributed by atoms with E-state index in [1.54, 1.807) is 38.4 Å². The topological polar surface area (TPSA) is 110 Å². The van der Waals surface area contributed by atoms with Crippen LogP contribution in [-0.2, 0) is 21.2 Å². The standard InChI is InChI=1S/C17H19N3O5S/c1-12-4-9-15(11-16(12)20(22)23)26(24,25)18-14-7-5-13(6-8-14)10-17(21)19(2)3/h4-9,11,18H,10H2,1-3H3. The monoisotopic (exact) mass is 377 g/mol. The molecule has 0 aliphatic carbocycles. The van der Waals surface area contributed by atoms with Gasteiger partial charge in [-0.15, -0.1) is 0 Å². The van der Waals surface area contributed by atoms with E-state index in [2.05, 4.69) is 4.72 Å². The van der Waals surface area contributed by atoms with Crippen LogP contribution in [0.25, 0.3) is 0 Å². The molecule has 0 atom stereocenters. The molecule has 1 amide bonds. The van der Waals surface area contributed by atoms with E-state index in [1.807, 2.05) is 0 Å². The molecule has 0 saturated carbocycles. The van der Waals surface area contributed by atoms with Crippen molar-refractivity contribution >= 4 is 27.3 Å². The van der Waals surface area contributed by atoms with Crippen molar-refractivity contribution in [3.63, 3.8) is 0 Å².